The average Bonchev–Trinajstić information content (AvgIpc) is 2.65. The highest BCUT2D eigenvalue weighted by Crippen LogP contribution is 2.15. The summed E-state index contributed by atoms with van der Waals surface area (Å²) in [5.41, 5.74) is 2.24. The first-order valence-corrected chi connectivity index (χ1v) is 7.96. The SMILES string of the molecule is Cc1nc(N2CCCOC(C)C2)ncc1CNCC(C)C. The van der Waals surface area contributed by atoms with Crippen LogP contribution in [-0.4, -0.2) is 42.3 Å². The molecule has 0 saturated carbocycles. The van der Waals surface area contributed by atoms with E-state index in [1.165, 1.54) is 5.56 Å². The first-order valence-electron chi connectivity index (χ1n) is 7.96. The molecule has 5 heteroatoms. The zero-order chi connectivity index (χ0) is 15.2. The van der Waals surface area contributed by atoms with Gasteiger partial charge < -0.3 is 15.0 Å². The molecule has 1 N–H and O–H groups in total. The number of anilines is 1. The van der Waals surface area contributed by atoms with Gasteiger partial charge in [-0.1, -0.05) is 13.8 Å². The molecule has 1 saturated heterocycles. The Balaban J connectivity index is 2.00. The summed E-state index contributed by atoms with van der Waals surface area (Å²) in [5.74, 6) is 1.49. The highest BCUT2D eigenvalue weighted by atomic mass is 16.5. The molecule has 2 heterocycles. The van der Waals surface area contributed by atoms with Crippen molar-refractivity contribution < 1.29 is 4.74 Å². The fourth-order valence-electron chi connectivity index (χ4n) is 2.48. The summed E-state index contributed by atoms with van der Waals surface area (Å²) in [5, 5.41) is 3.44. The number of nitrogens with zero attached hydrogens (tertiary/aromatic N) is 3. The Morgan fingerprint density at radius 1 is 1.48 bits per heavy atom. The number of rotatable bonds is 5. The van der Waals surface area contributed by atoms with Gasteiger partial charge in [0.15, 0.2) is 0 Å². The lowest BCUT2D eigenvalue weighted by atomic mass is 10.2. The molecule has 5 nitrogen and oxygen atoms in total. The second-order valence-corrected chi connectivity index (χ2v) is 6.29. The van der Waals surface area contributed by atoms with Gasteiger partial charge in [-0.25, -0.2) is 9.97 Å². The lowest BCUT2D eigenvalue weighted by molar-refractivity contribution is 0.0820. The van der Waals surface area contributed by atoms with Gasteiger partial charge in [-0.05, 0) is 32.7 Å². The number of aromatic nitrogens is 2. The zero-order valence-electron chi connectivity index (χ0n) is 13.7. The summed E-state index contributed by atoms with van der Waals surface area (Å²) in [4.78, 5) is 11.5. The molecule has 1 aromatic heterocycles. The Kier molecular flexibility index (Phi) is 5.94. The maximum atomic E-state index is 5.68. The first-order chi connectivity index (χ1) is 10.1. The molecule has 1 atom stereocenters. The average molecular weight is 292 g/mol. The van der Waals surface area contributed by atoms with Crippen LogP contribution in [0, 0.1) is 12.8 Å². The van der Waals surface area contributed by atoms with Gasteiger partial charge in [0.2, 0.25) is 5.95 Å². The van der Waals surface area contributed by atoms with E-state index in [1.807, 2.05) is 6.20 Å². The molecule has 0 aliphatic carbocycles. The summed E-state index contributed by atoms with van der Waals surface area (Å²) in [6.07, 6.45) is 3.23. The Bertz CT molecular complexity index is 450. The molecule has 0 aromatic carbocycles. The van der Waals surface area contributed by atoms with Gasteiger partial charge in [0, 0.05) is 43.7 Å². The van der Waals surface area contributed by atoms with E-state index in [4.69, 9.17) is 4.74 Å². The van der Waals surface area contributed by atoms with E-state index < -0.39 is 0 Å². The molecule has 0 radical (unpaired) electrons. The first kappa shape index (κ1) is 16.2. The van der Waals surface area contributed by atoms with Crippen LogP contribution in [-0.2, 0) is 11.3 Å². The molecule has 1 aliphatic rings. The second-order valence-electron chi connectivity index (χ2n) is 6.29. The van der Waals surface area contributed by atoms with Crippen LogP contribution in [0.3, 0.4) is 0 Å². The summed E-state index contributed by atoms with van der Waals surface area (Å²) >= 11 is 0. The Hall–Kier alpha value is -1.20. The van der Waals surface area contributed by atoms with Gasteiger partial charge in [0.1, 0.15) is 0 Å². The molecule has 118 valence electrons. The number of hydrogen-bond acceptors (Lipinski definition) is 5. The van der Waals surface area contributed by atoms with Crippen molar-refractivity contribution in [2.24, 2.45) is 5.92 Å². The van der Waals surface area contributed by atoms with E-state index in [2.05, 4.69) is 47.9 Å². The lowest BCUT2D eigenvalue weighted by Crippen LogP contribution is -2.32. The zero-order valence-corrected chi connectivity index (χ0v) is 13.7. The molecule has 1 aliphatic heterocycles. The Morgan fingerprint density at radius 3 is 3.00 bits per heavy atom. The predicted molar refractivity (Wildman–Crippen MR) is 85.6 cm³/mol. The molecule has 0 amide bonds. The standard InChI is InChI=1S/C16H28N4O/c1-12(2)8-17-9-15-10-18-16(19-14(15)4)20-6-5-7-21-13(3)11-20/h10,12-13,17H,5-9,11H2,1-4H3. The number of aryl methyl sites for hydroxylation is 1. The van der Waals surface area contributed by atoms with Crippen molar-refractivity contribution in [3.05, 3.63) is 17.5 Å². The van der Waals surface area contributed by atoms with Crippen LogP contribution in [0.2, 0.25) is 0 Å². The normalized spacial score (nSPS) is 19.9. The van der Waals surface area contributed by atoms with Crippen molar-refractivity contribution in [2.45, 2.75) is 46.8 Å². The lowest BCUT2D eigenvalue weighted by Gasteiger charge is -2.22. The van der Waals surface area contributed by atoms with Crippen molar-refractivity contribution in [2.75, 3.05) is 31.1 Å². The van der Waals surface area contributed by atoms with Crippen molar-refractivity contribution in [3.8, 4) is 0 Å². The Morgan fingerprint density at radius 2 is 2.29 bits per heavy atom. The van der Waals surface area contributed by atoms with Crippen molar-refractivity contribution in [3.63, 3.8) is 0 Å². The number of hydrogen-bond donors (Lipinski definition) is 1. The highest BCUT2D eigenvalue weighted by molar-refractivity contribution is 5.33. The van der Waals surface area contributed by atoms with Gasteiger partial charge in [-0.3, -0.25) is 0 Å². The smallest absolute Gasteiger partial charge is 0.225 e. The molecule has 0 spiro atoms. The highest BCUT2D eigenvalue weighted by Gasteiger charge is 2.18. The van der Waals surface area contributed by atoms with Gasteiger partial charge in [0.05, 0.1) is 6.10 Å². The maximum absolute atomic E-state index is 5.68. The van der Waals surface area contributed by atoms with Crippen LogP contribution in [0.25, 0.3) is 0 Å². The summed E-state index contributed by atoms with van der Waals surface area (Å²) in [6, 6.07) is 0. The molecule has 2 rings (SSSR count). The molecule has 1 aromatic rings. The van der Waals surface area contributed by atoms with E-state index >= 15 is 0 Å². The van der Waals surface area contributed by atoms with E-state index in [0.717, 1.165) is 50.8 Å². The molecule has 1 unspecified atom stereocenters. The van der Waals surface area contributed by atoms with Gasteiger partial charge in [-0.2, -0.15) is 0 Å². The third-order valence-electron chi connectivity index (χ3n) is 3.67. The quantitative estimate of drug-likeness (QED) is 0.901. The fraction of sp³-hybridized carbons (Fsp3) is 0.750. The van der Waals surface area contributed by atoms with Gasteiger partial charge in [0.25, 0.3) is 0 Å². The largest absolute Gasteiger partial charge is 0.377 e. The third kappa shape index (κ3) is 4.93. The van der Waals surface area contributed by atoms with E-state index in [-0.39, 0.29) is 6.10 Å². The van der Waals surface area contributed by atoms with Crippen LogP contribution < -0.4 is 10.2 Å². The van der Waals surface area contributed by atoms with Crippen molar-refractivity contribution in [1.29, 1.82) is 0 Å². The third-order valence-corrected chi connectivity index (χ3v) is 3.67. The minimum Gasteiger partial charge on any atom is -0.377 e. The minimum absolute atomic E-state index is 0.240. The summed E-state index contributed by atoms with van der Waals surface area (Å²) in [6.45, 7) is 13.1. The van der Waals surface area contributed by atoms with Crippen molar-refractivity contribution in [1.82, 2.24) is 15.3 Å². The van der Waals surface area contributed by atoms with Crippen LogP contribution in [0.5, 0.6) is 0 Å². The molecule has 21 heavy (non-hydrogen) atoms. The molecular formula is C16H28N4O. The number of nitrogens with one attached hydrogen (secondary N) is 1. The predicted octanol–water partition coefficient (Wildman–Crippen LogP) is 2.15. The van der Waals surface area contributed by atoms with Crippen LogP contribution in [0.15, 0.2) is 6.20 Å². The number of ether oxygens (including phenoxy) is 1. The maximum Gasteiger partial charge on any atom is 0.225 e. The fourth-order valence-corrected chi connectivity index (χ4v) is 2.48. The van der Waals surface area contributed by atoms with E-state index in [9.17, 15) is 0 Å². The van der Waals surface area contributed by atoms with Gasteiger partial charge >= 0.3 is 0 Å². The van der Waals surface area contributed by atoms with Crippen LogP contribution in [0.4, 0.5) is 5.95 Å². The van der Waals surface area contributed by atoms with E-state index in [1.54, 1.807) is 0 Å². The van der Waals surface area contributed by atoms with Crippen LogP contribution >= 0.6 is 0 Å². The monoisotopic (exact) mass is 292 g/mol. The Labute approximate surface area is 128 Å². The van der Waals surface area contributed by atoms with Gasteiger partial charge in [-0.15, -0.1) is 0 Å². The molecular weight excluding hydrogens is 264 g/mol. The minimum atomic E-state index is 0.240. The van der Waals surface area contributed by atoms with Crippen LogP contribution in [0.1, 0.15) is 38.4 Å². The topological polar surface area (TPSA) is 50.3 Å². The summed E-state index contributed by atoms with van der Waals surface area (Å²) < 4.78 is 5.68. The molecule has 0 bridgehead atoms. The molecule has 1 fully saturated rings. The summed E-state index contributed by atoms with van der Waals surface area (Å²) in [7, 11) is 0. The van der Waals surface area contributed by atoms with E-state index in [0.29, 0.717) is 5.92 Å². The second kappa shape index (κ2) is 7.71. The van der Waals surface area contributed by atoms with Crippen molar-refractivity contribution >= 4 is 5.95 Å².